The van der Waals surface area contributed by atoms with Crippen LogP contribution in [0.25, 0.3) is 0 Å². The van der Waals surface area contributed by atoms with Crippen LogP contribution in [0.1, 0.15) is 73.9 Å². The Balaban J connectivity index is 1.85. The number of rotatable bonds is 5. The Morgan fingerprint density at radius 3 is 2.31 bits per heavy atom. The Kier molecular flexibility index (Phi) is 6.67. The Morgan fingerprint density at radius 1 is 1.03 bits per heavy atom. The highest BCUT2D eigenvalue weighted by Gasteiger charge is 2.31. The van der Waals surface area contributed by atoms with Crippen molar-refractivity contribution in [3.63, 3.8) is 0 Å². The van der Waals surface area contributed by atoms with Gasteiger partial charge in [0.2, 0.25) is 0 Å². The van der Waals surface area contributed by atoms with Crippen LogP contribution >= 0.6 is 0 Å². The second-order valence-electron chi connectivity index (χ2n) is 8.84. The molecule has 0 aromatic heterocycles. The van der Waals surface area contributed by atoms with Gasteiger partial charge in [-0.3, -0.25) is 20.2 Å². The number of hydrogen-bond donors (Lipinski definition) is 0. The van der Waals surface area contributed by atoms with Gasteiger partial charge in [0.1, 0.15) is 0 Å². The number of nitro benzene ring substituents is 2. The first-order chi connectivity index (χ1) is 15.1. The summed E-state index contributed by atoms with van der Waals surface area (Å²) in [6, 6.07) is 10.7. The van der Waals surface area contributed by atoms with Gasteiger partial charge in [0.05, 0.1) is 27.2 Å². The van der Waals surface area contributed by atoms with Crippen LogP contribution < -0.4 is 0 Å². The predicted octanol–water partition coefficient (Wildman–Crippen LogP) is 5.67. The summed E-state index contributed by atoms with van der Waals surface area (Å²) in [7, 11) is 0. The molecule has 1 fully saturated rings. The first-order valence-electron chi connectivity index (χ1n) is 10.4. The Morgan fingerprint density at radius 2 is 1.72 bits per heavy atom. The lowest BCUT2D eigenvalue weighted by Gasteiger charge is -2.23. The minimum atomic E-state index is -0.667. The number of carbonyl (C=O) groups excluding carboxylic acids is 1. The zero-order valence-electron chi connectivity index (χ0n) is 18.2. The van der Waals surface area contributed by atoms with Gasteiger partial charge in [0.15, 0.2) is 0 Å². The molecule has 3 rings (SSSR count). The Bertz CT molecular complexity index is 1070. The minimum Gasteiger partial charge on any atom is -0.313 e. The van der Waals surface area contributed by atoms with E-state index < -0.39 is 21.7 Å². The molecule has 0 spiro atoms. The van der Waals surface area contributed by atoms with Gasteiger partial charge in [-0.05, 0) is 48.4 Å². The molecule has 1 unspecified atom stereocenters. The van der Waals surface area contributed by atoms with Gasteiger partial charge in [0, 0.05) is 17.5 Å². The second-order valence-corrected chi connectivity index (χ2v) is 8.84. The van der Waals surface area contributed by atoms with Crippen LogP contribution in [0.4, 0.5) is 11.4 Å². The smallest absolute Gasteiger partial charge is 0.313 e. The maximum Gasteiger partial charge on any atom is 0.365 e. The summed E-state index contributed by atoms with van der Waals surface area (Å²) in [5.74, 6) is -1.05. The van der Waals surface area contributed by atoms with E-state index in [1.165, 1.54) is 12.1 Å². The Labute approximate surface area is 185 Å². The number of benzene rings is 2. The van der Waals surface area contributed by atoms with E-state index in [-0.39, 0.29) is 16.8 Å². The molecule has 1 aliphatic rings. The number of hydrogen-bond acceptors (Lipinski definition) is 7. The molecule has 1 aliphatic carbocycles. The van der Waals surface area contributed by atoms with Crippen LogP contribution in [0.5, 0.6) is 0 Å². The van der Waals surface area contributed by atoms with E-state index in [2.05, 4.69) is 25.9 Å². The predicted molar refractivity (Wildman–Crippen MR) is 119 cm³/mol. The monoisotopic (exact) mass is 439 g/mol. The summed E-state index contributed by atoms with van der Waals surface area (Å²) in [4.78, 5) is 38.9. The van der Waals surface area contributed by atoms with Crippen molar-refractivity contribution in [2.24, 2.45) is 5.16 Å². The van der Waals surface area contributed by atoms with E-state index in [1.54, 1.807) is 12.1 Å². The summed E-state index contributed by atoms with van der Waals surface area (Å²) in [6.45, 7) is 6.23. The second kappa shape index (κ2) is 9.25. The van der Waals surface area contributed by atoms with E-state index in [0.29, 0.717) is 29.7 Å². The lowest BCUT2D eigenvalue weighted by molar-refractivity contribution is -0.394. The van der Waals surface area contributed by atoms with E-state index in [9.17, 15) is 25.0 Å². The van der Waals surface area contributed by atoms with Gasteiger partial charge in [0.25, 0.3) is 11.4 Å². The zero-order valence-corrected chi connectivity index (χ0v) is 18.2. The third-order valence-corrected chi connectivity index (χ3v) is 5.61. The fourth-order valence-electron chi connectivity index (χ4n) is 3.80. The third-order valence-electron chi connectivity index (χ3n) is 5.61. The molecule has 0 N–H and O–H groups in total. The maximum absolute atomic E-state index is 12.5. The molecule has 0 aliphatic heterocycles. The van der Waals surface area contributed by atoms with Crippen molar-refractivity contribution in [3.05, 3.63) is 79.4 Å². The van der Waals surface area contributed by atoms with Crippen LogP contribution in [0.15, 0.2) is 47.6 Å². The first-order valence-corrected chi connectivity index (χ1v) is 10.4. The molecular formula is C23H25N3O6. The lowest BCUT2D eigenvalue weighted by atomic mass is 9.81. The van der Waals surface area contributed by atoms with Crippen molar-refractivity contribution >= 4 is 23.1 Å². The summed E-state index contributed by atoms with van der Waals surface area (Å²) in [6.07, 6.45) is 2.73. The van der Waals surface area contributed by atoms with E-state index in [4.69, 9.17) is 4.84 Å². The SMILES string of the molecule is CC(C)(C)c1ccc(C(=O)O/N=C2/CCCCC2c2ccc([N+](=O)[O-])cc2[N+](=O)[O-])cc1. The highest BCUT2D eigenvalue weighted by atomic mass is 16.7. The maximum atomic E-state index is 12.5. The number of oxime groups is 1. The molecule has 0 saturated heterocycles. The van der Waals surface area contributed by atoms with Crippen LogP contribution in [-0.2, 0) is 10.3 Å². The molecule has 1 atom stereocenters. The Hall–Kier alpha value is -3.62. The van der Waals surface area contributed by atoms with Crippen LogP contribution in [-0.4, -0.2) is 21.5 Å². The van der Waals surface area contributed by atoms with Gasteiger partial charge in [-0.25, -0.2) is 4.79 Å². The highest BCUT2D eigenvalue weighted by molar-refractivity contribution is 5.94. The minimum absolute atomic E-state index is 0.0442. The average molecular weight is 439 g/mol. The third kappa shape index (κ3) is 5.16. The molecule has 0 bridgehead atoms. The molecule has 2 aromatic rings. The molecule has 32 heavy (non-hydrogen) atoms. The summed E-state index contributed by atoms with van der Waals surface area (Å²) in [5, 5.41) is 26.6. The van der Waals surface area contributed by atoms with Crippen LogP contribution in [0.2, 0.25) is 0 Å². The van der Waals surface area contributed by atoms with Gasteiger partial charge in [-0.15, -0.1) is 0 Å². The highest BCUT2D eigenvalue weighted by Crippen LogP contribution is 2.37. The fourth-order valence-corrected chi connectivity index (χ4v) is 3.80. The molecule has 0 radical (unpaired) electrons. The number of nitro groups is 2. The van der Waals surface area contributed by atoms with Crippen molar-refractivity contribution in [3.8, 4) is 0 Å². The molecule has 9 nitrogen and oxygen atoms in total. The van der Waals surface area contributed by atoms with Crippen molar-refractivity contribution in [2.45, 2.75) is 57.8 Å². The molecular weight excluding hydrogens is 414 g/mol. The fraction of sp³-hybridized carbons (Fsp3) is 0.391. The molecule has 168 valence electrons. The largest absolute Gasteiger partial charge is 0.365 e. The molecule has 1 saturated carbocycles. The average Bonchev–Trinajstić information content (AvgIpc) is 2.76. The quantitative estimate of drug-likeness (QED) is 0.336. The van der Waals surface area contributed by atoms with Gasteiger partial charge in [-0.1, -0.05) is 44.5 Å². The number of nitrogens with zero attached hydrogens (tertiary/aromatic N) is 3. The standard InChI is InChI=1S/C23H25N3O6/c1-23(2,3)16-10-8-15(9-11-16)22(27)32-24-20-7-5-4-6-18(20)19-13-12-17(25(28)29)14-21(19)26(30)31/h8-14,18H,4-7H2,1-3H3/b24-20-. The number of non-ortho nitro benzene ring substituents is 1. The summed E-state index contributed by atoms with van der Waals surface area (Å²) >= 11 is 0. The van der Waals surface area contributed by atoms with Gasteiger partial charge in [-0.2, -0.15) is 0 Å². The van der Waals surface area contributed by atoms with Crippen molar-refractivity contribution in [2.75, 3.05) is 0 Å². The van der Waals surface area contributed by atoms with E-state index in [1.807, 2.05) is 12.1 Å². The normalized spacial score (nSPS) is 17.7. The van der Waals surface area contributed by atoms with Gasteiger partial charge < -0.3 is 4.84 Å². The molecule has 2 aromatic carbocycles. The lowest BCUT2D eigenvalue weighted by Crippen LogP contribution is -2.20. The zero-order chi connectivity index (χ0) is 23.5. The topological polar surface area (TPSA) is 125 Å². The summed E-state index contributed by atoms with van der Waals surface area (Å²) < 4.78 is 0. The van der Waals surface area contributed by atoms with Crippen LogP contribution in [0, 0.1) is 20.2 Å². The summed E-state index contributed by atoms with van der Waals surface area (Å²) in [5.41, 5.74) is 1.58. The number of carbonyl (C=O) groups is 1. The first kappa shape index (κ1) is 23.1. The van der Waals surface area contributed by atoms with Crippen molar-refractivity contribution < 1.29 is 19.5 Å². The van der Waals surface area contributed by atoms with Crippen LogP contribution in [0.3, 0.4) is 0 Å². The van der Waals surface area contributed by atoms with E-state index >= 15 is 0 Å². The van der Waals surface area contributed by atoms with Crippen molar-refractivity contribution in [1.29, 1.82) is 0 Å². The molecule has 9 heteroatoms. The molecule has 0 heterocycles. The van der Waals surface area contributed by atoms with Crippen molar-refractivity contribution in [1.82, 2.24) is 0 Å². The van der Waals surface area contributed by atoms with E-state index in [0.717, 1.165) is 24.5 Å². The van der Waals surface area contributed by atoms with Gasteiger partial charge >= 0.3 is 5.97 Å². The molecule has 0 amide bonds.